The van der Waals surface area contributed by atoms with Gasteiger partial charge in [0.2, 0.25) is 11.8 Å². The highest BCUT2D eigenvalue weighted by molar-refractivity contribution is 8.02. The van der Waals surface area contributed by atoms with Gasteiger partial charge in [-0.15, -0.1) is 24.9 Å². The van der Waals surface area contributed by atoms with Crippen LogP contribution in [0.2, 0.25) is 0 Å². The summed E-state index contributed by atoms with van der Waals surface area (Å²) in [7, 11) is 0. The minimum Gasteiger partial charge on any atom is -0.465 e. The van der Waals surface area contributed by atoms with Crippen LogP contribution in [0.1, 0.15) is 57.9 Å². The highest BCUT2D eigenvalue weighted by atomic mass is 32.2. The van der Waals surface area contributed by atoms with E-state index in [1.807, 2.05) is 50.3 Å². The molecular weight excluding hydrogens is 524 g/mol. The first kappa shape index (κ1) is 30.4. The van der Waals surface area contributed by atoms with E-state index in [9.17, 15) is 19.5 Å². The molecule has 7 nitrogen and oxygen atoms in total. The van der Waals surface area contributed by atoms with Crippen LogP contribution >= 0.6 is 11.8 Å². The second-order valence-corrected chi connectivity index (χ2v) is 13.0. The fourth-order valence-corrected chi connectivity index (χ4v) is 9.02. The molecule has 1 spiro atoms. The molecule has 0 aromatic heterocycles. The lowest BCUT2D eigenvalue weighted by molar-refractivity contribution is -0.155. The van der Waals surface area contributed by atoms with Crippen LogP contribution in [0.3, 0.4) is 0 Å². The molecule has 8 heteroatoms. The number of aliphatic hydroxyl groups excluding tert-OH is 1. The van der Waals surface area contributed by atoms with E-state index in [0.717, 1.165) is 37.7 Å². The standard InChI is InChI=1S/C32H44N2O5S/c1-5-8-9-13-19-39-31(38)26-25-16-17-32(40-25)27(26)29(36)34(24(21-35)22(4)7-3)28(32)30(37)33(18-6-2)20-23-14-11-10-12-15-23/h5-6,10-12,14-15,22,24-28,35H,1-2,7-9,13,16-21H2,3-4H3/t22-,24-,25+,26-,27-,28?,32?/m0/s1. The summed E-state index contributed by atoms with van der Waals surface area (Å²) in [5.74, 6) is -1.90. The second kappa shape index (κ2) is 13.4. The third-order valence-corrected chi connectivity index (χ3v) is 11.0. The zero-order valence-corrected chi connectivity index (χ0v) is 24.7. The third kappa shape index (κ3) is 5.62. The minimum absolute atomic E-state index is 0.0149. The zero-order chi connectivity index (χ0) is 28.9. The number of carbonyl (C=O) groups excluding carboxylic acids is 3. The summed E-state index contributed by atoms with van der Waals surface area (Å²) in [6.45, 7) is 12.5. The van der Waals surface area contributed by atoms with E-state index in [2.05, 4.69) is 13.2 Å². The number of thioether (sulfide) groups is 1. The largest absolute Gasteiger partial charge is 0.465 e. The third-order valence-electron chi connectivity index (χ3n) is 9.01. The van der Waals surface area contributed by atoms with E-state index in [1.165, 1.54) is 0 Å². The molecule has 1 aromatic carbocycles. The molecule has 3 heterocycles. The summed E-state index contributed by atoms with van der Waals surface area (Å²) in [5, 5.41) is 10.5. The molecule has 0 radical (unpaired) electrons. The number of rotatable bonds is 15. The quantitative estimate of drug-likeness (QED) is 0.189. The minimum atomic E-state index is -0.764. The van der Waals surface area contributed by atoms with Crippen molar-refractivity contribution in [1.82, 2.24) is 9.80 Å². The first-order valence-corrected chi connectivity index (χ1v) is 15.5. The van der Waals surface area contributed by atoms with Crippen LogP contribution in [0, 0.1) is 17.8 Å². The highest BCUT2D eigenvalue weighted by Crippen LogP contribution is 2.67. The zero-order valence-electron chi connectivity index (χ0n) is 23.9. The van der Waals surface area contributed by atoms with Crippen LogP contribution in [-0.4, -0.2) is 74.5 Å². The maximum absolute atomic E-state index is 14.6. The summed E-state index contributed by atoms with van der Waals surface area (Å²) < 4.78 is 4.99. The van der Waals surface area contributed by atoms with Gasteiger partial charge in [-0.2, -0.15) is 0 Å². The molecule has 218 valence electrons. The van der Waals surface area contributed by atoms with Crippen molar-refractivity contribution in [3.05, 3.63) is 61.2 Å². The van der Waals surface area contributed by atoms with E-state index in [0.29, 0.717) is 26.1 Å². The molecule has 2 bridgehead atoms. The Bertz CT molecular complexity index is 1080. The Labute approximate surface area is 243 Å². The SMILES string of the molecule is C=CCCCCOC(=O)[C@@H]1[C@H]2C(=O)N([C@@H](CO)[C@@H](C)CC)C(C(=O)N(CC=C)Cc3ccccc3)C23CC[C@H]1S3. The summed E-state index contributed by atoms with van der Waals surface area (Å²) in [6, 6.07) is 8.51. The topological polar surface area (TPSA) is 87.1 Å². The van der Waals surface area contributed by atoms with Gasteiger partial charge in [0.05, 0.1) is 35.8 Å². The number of benzene rings is 1. The maximum Gasteiger partial charge on any atom is 0.310 e. The molecule has 1 aromatic rings. The lowest BCUT2D eigenvalue weighted by Gasteiger charge is -2.41. The first-order valence-electron chi connectivity index (χ1n) is 14.7. The van der Waals surface area contributed by atoms with E-state index in [1.54, 1.807) is 27.6 Å². The van der Waals surface area contributed by atoms with Crippen LogP contribution in [0.5, 0.6) is 0 Å². The maximum atomic E-state index is 14.6. The Morgan fingerprint density at radius 2 is 2.00 bits per heavy atom. The molecule has 1 N–H and O–H groups in total. The van der Waals surface area contributed by atoms with E-state index in [-0.39, 0.29) is 35.6 Å². The normalized spacial score (nSPS) is 28.2. The summed E-state index contributed by atoms with van der Waals surface area (Å²) >= 11 is 1.63. The molecule has 7 atom stereocenters. The molecule has 3 fully saturated rings. The van der Waals surface area contributed by atoms with Gasteiger partial charge in [0.1, 0.15) is 6.04 Å². The predicted molar refractivity (Wildman–Crippen MR) is 158 cm³/mol. The molecule has 4 rings (SSSR count). The number of aliphatic hydroxyl groups is 1. The van der Waals surface area contributed by atoms with Gasteiger partial charge < -0.3 is 19.6 Å². The van der Waals surface area contributed by atoms with Gasteiger partial charge in [0.25, 0.3) is 0 Å². The number of ether oxygens (including phenoxy) is 1. The molecular formula is C32H44N2O5S. The molecule has 0 aliphatic carbocycles. The van der Waals surface area contributed by atoms with Crippen molar-refractivity contribution in [2.75, 3.05) is 19.8 Å². The van der Waals surface area contributed by atoms with Crippen molar-refractivity contribution in [3.8, 4) is 0 Å². The Hall–Kier alpha value is -2.58. The Morgan fingerprint density at radius 1 is 1.25 bits per heavy atom. The highest BCUT2D eigenvalue weighted by Gasteiger charge is 2.75. The number of allylic oxidation sites excluding steroid dienone is 1. The Kier molecular flexibility index (Phi) is 10.2. The van der Waals surface area contributed by atoms with Gasteiger partial charge in [0, 0.05) is 18.3 Å². The molecule has 0 saturated carbocycles. The summed E-state index contributed by atoms with van der Waals surface area (Å²) in [5.41, 5.74) is 0.990. The molecule has 2 unspecified atom stereocenters. The molecule has 3 aliphatic rings. The van der Waals surface area contributed by atoms with E-state index >= 15 is 0 Å². The lowest BCUT2D eigenvalue weighted by Crippen LogP contribution is -2.58. The summed E-state index contributed by atoms with van der Waals surface area (Å²) in [6.07, 6.45) is 8.26. The lowest BCUT2D eigenvalue weighted by atomic mass is 9.71. The van der Waals surface area contributed by atoms with Gasteiger partial charge in [-0.05, 0) is 43.6 Å². The van der Waals surface area contributed by atoms with Crippen LogP contribution in [0.4, 0.5) is 0 Å². The van der Waals surface area contributed by atoms with Gasteiger partial charge in [-0.3, -0.25) is 14.4 Å². The van der Waals surface area contributed by atoms with Crippen molar-refractivity contribution < 1.29 is 24.2 Å². The number of fused-ring (bicyclic) bond motifs is 1. The number of esters is 1. The van der Waals surface area contributed by atoms with Gasteiger partial charge in [-0.25, -0.2) is 0 Å². The Balaban J connectivity index is 1.69. The fraction of sp³-hybridized carbons (Fsp3) is 0.594. The number of carbonyl (C=O) groups is 3. The predicted octanol–water partition coefficient (Wildman–Crippen LogP) is 4.60. The molecule has 2 amide bonds. The van der Waals surface area contributed by atoms with Crippen LogP contribution in [0.15, 0.2) is 55.6 Å². The van der Waals surface area contributed by atoms with E-state index in [4.69, 9.17) is 4.74 Å². The van der Waals surface area contributed by atoms with Gasteiger partial charge >= 0.3 is 5.97 Å². The van der Waals surface area contributed by atoms with Crippen molar-refractivity contribution in [2.24, 2.45) is 17.8 Å². The molecule has 3 saturated heterocycles. The smallest absolute Gasteiger partial charge is 0.310 e. The first-order chi connectivity index (χ1) is 19.3. The number of unbranched alkanes of at least 4 members (excludes halogenated alkanes) is 2. The average Bonchev–Trinajstić information content (AvgIpc) is 3.61. The average molecular weight is 569 g/mol. The van der Waals surface area contributed by atoms with Crippen LogP contribution < -0.4 is 0 Å². The number of likely N-dealkylation sites (tertiary alicyclic amines) is 1. The number of hydrogen-bond donors (Lipinski definition) is 1. The molecule has 40 heavy (non-hydrogen) atoms. The van der Waals surface area contributed by atoms with Crippen LogP contribution in [-0.2, 0) is 25.7 Å². The number of hydrogen-bond acceptors (Lipinski definition) is 6. The van der Waals surface area contributed by atoms with Crippen molar-refractivity contribution in [2.45, 2.75) is 81.0 Å². The second-order valence-electron chi connectivity index (χ2n) is 11.4. The van der Waals surface area contributed by atoms with Gasteiger partial charge in [-0.1, -0.05) is 62.8 Å². The van der Waals surface area contributed by atoms with Crippen molar-refractivity contribution in [1.29, 1.82) is 0 Å². The van der Waals surface area contributed by atoms with Gasteiger partial charge in [0.15, 0.2) is 0 Å². The van der Waals surface area contributed by atoms with Crippen molar-refractivity contribution in [3.63, 3.8) is 0 Å². The van der Waals surface area contributed by atoms with E-state index < -0.39 is 28.7 Å². The van der Waals surface area contributed by atoms with Crippen molar-refractivity contribution >= 4 is 29.5 Å². The number of nitrogens with zero attached hydrogens (tertiary/aromatic N) is 2. The monoisotopic (exact) mass is 568 g/mol. The molecule has 3 aliphatic heterocycles. The summed E-state index contributed by atoms with van der Waals surface area (Å²) in [4.78, 5) is 45.8. The number of amides is 2. The Morgan fingerprint density at radius 3 is 2.65 bits per heavy atom. The fourth-order valence-electron chi connectivity index (χ4n) is 6.83. The van der Waals surface area contributed by atoms with Crippen LogP contribution in [0.25, 0.3) is 0 Å².